The van der Waals surface area contributed by atoms with E-state index in [1.807, 2.05) is 54.6 Å². The third-order valence-electron chi connectivity index (χ3n) is 4.57. The minimum Gasteiger partial charge on any atom is -0.288 e. The molecule has 3 aromatic carbocycles. The number of benzene rings is 3. The Morgan fingerprint density at radius 1 is 0.500 bits per heavy atom. The van der Waals surface area contributed by atoms with Crippen molar-refractivity contribution in [2.75, 3.05) is 0 Å². The molecule has 0 unspecified atom stereocenters. The van der Waals surface area contributed by atoms with Gasteiger partial charge in [-0.25, -0.2) is 0 Å². The van der Waals surface area contributed by atoms with E-state index in [0.29, 0.717) is 16.0 Å². The summed E-state index contributed by atoms with van der Waals surface area (Å²) >= 11 is 0. The second-order valence-electron chi connectivity index (χ2n) is 5.66. The summed E-state index contributed by atoms with van der Waals surface area (Å²) < 4.78 is 0. The Kier molecular flexibility index (Phi) is 2.01. The van der Waals surface area contributed by atoms with Crippen molar-refractivity contribution in [1.82, 2.24) is 0 Å². The zero-order chi connectivity index (χ0) is 14.8. The molecule has 3 aromatic rings. The lowest BCUT2D eigenvalue weighted by Gasteiger charge is -2.00. The molecule has 0 amide bonds. The molecule has 0 heterocycles. The van der Waals surface area contributed by atoms with E-state index in [1.54, 1.807) is 6.07 Å². The van der Waals surface area contributed by atoms with Crippen LogP contribution in [0, 0.1) is 10.4 Å². The lowest BCUT2D eigenvalue weighted by Crippen LogP contribution is -2.08. The van der Waals surface area contributed by atoms with Crippen molar-refractivity contribution in [2.45, 2.75) is 0 Å². The van der Waals surface area contributed by atoms with E-state index < -0.39 is 0 Å². The average molecular weight is 282 g/mol. The quantitative estimate of drug-likeness (QED) is 0.436. The van der Waals surface area contributed by atoms with Crippen molar-refractivity contribution in [3.8, 4) is 0 Å². The highest BCUT2D eigenvalue weighted by molar-refractivity contribution is 6.11. The molecule has 0 bridgehead atoms. The molecule has 0 spiro atoms. The highest BCUT2D eigenvalue weighted by Gasteiger charge is 2.17. The van der Waals surface area contributed by atoms with Crippen LogP contribution in [0.2, 0.25) is 0 Å². The predicted molar refractivity (Wildman–Crippen MR) is 89.2 cm³/mol. The van der Waals surface area contributed by atoms with Crippen LogP contribution in [0.15, 0.2) is 70.3 Å². The Balaban J connectivity index is 2.31. The van der Waals surface area contributed by atoms with Crippen molar-refractivity contribution in [2.24, 2.45) is 0 Å². The molecule has 2 aliphatic carbocycles. The molecule has 2 heteroatoms. The fourth-order valence-corrected chi connectivity index (χ4v) is 3.62. The summed E-state index contributed by atoms with van der Waals surface area (Å²) in [7, 11) is 0. The topological polar surface area (TPSA) is 34.1 Å². The van der Waals surface area contributed by atoms with Crippen LogP contribution in [-0.4, -0.2) is 0 Å². The van der Waals surface area contributed by atoms with E-state index in [4.69, 9.17) is 0 Å². The van der Waals surface area contributed by atoms with Gasteiger partial charge < -0.3 is 0 Å². The molecule has 102 valence electrons. The molecule has 0 atom stereocenters. The molecule has 0 aromatic heterocycles. The van der Waals surface area contributed by atoms with Crippen molar-refractivity contribution < 1.29 is 0 Å². The summed E-state index contributed by atoms with van der Waals surface area (Å²) in [5, 5.41) is 6.35. The molecular weight excluding hydrogens is 272 g/mol. The minimum atomic E-state index is -0.143. The maximum absolute atomic E-state index is 12.7. The number of rotatable bonds is 0. The Hall–Kier alpha value is -3.00. The summed E-state index contributed by atoms with van der Waals surface area (Å²) in [6, 6.07) is 19.3. The van der Waals surface area contributed by atoms with Gasteiger partial charge in [0.1, 0.15) is 0 Å². The third-order valence-corrected chi connectivity index (χ3v) is 4.57. The lowest BCUT2D eigenvalue weighted by atomic mass is 10.0. The summed E-state index contributed by atoms with van der Waals surface area (Å²) in [5.41, 5.74) is -0.284. The van der Waals surface area contributed by atoms with Crippen LogP contribution in [0.3, 0.4) is 0 Å². The Morgan fingerprint density at radius 3 is 1.95 bits per heavy atom. The summed E-state index contributed by atoms with van der Waals surface area (Å²) in [6.45, 7) is 0. The van der Waals surface area contributed by atoms with E-state index in [1.165, 1.54) is 0 Å². The van der Waals surface area contributed by atoms with Crippen LogP contribution < -0.4 is 10.9 Å². The molecule has 0 aliphatic heterocycles. The maximum atomic E-state index is 12.7. The van der Waals surface area contributed by atoms with Crippen molar-refractivity contribution in [3.05, 3.63) is 91.5 Å². The van der Waals surface area contributed by atoms with Crippen molar-refractivity contribution in [1.29, 1.82) is 0 Å². The molecule has 0 N–H and O–H groups in total. The van der Waals surface area contributed by atoms with E-state index in [-0.39, 0.29) is 10.9 Å². The fourth-order valence-electron chi connectivity index (χ4n) is 3.62. The molecule has 22 heavy (non-hydrogen) atoms. The standard InChI is InChI=1S/C20H10O2/c21-19-14-8-4-3-7-13(14)17-16-12-6-2-1-5-11(12)9-10-15(16)20(22)18(17)19/h1-10H. The second kappa shape index (κ2) is 3.80. The van der Waals surface area contributed by atoms with Gasteiger partial charge in [-0.15, -0.1) is 0 Å². The molecule has 0 saturated heterocycles. The molecule has 2 aliphatic rings. The Bertz CT molecular complexity index is 1350. The molecule has 5 rings (SSSR count). The van der Waals surface area contributed by atoms with Crippen LogP contribution in [0.5, 0.6) is 0 Å². The van der Waals surface area contributed by atoms with E-state index in [2.05, 4.69) is 0 Å². The van der Waals surface area contributed by atoms with Crippen LogP contribution in [0.25, 0.3) is 32.3 Å². The van der Waals surface area contributed by atoms with E-state index >= 15 is 0 Å². The number of hydrogen-bond donors (Lipinski definition) is 0. The van der Waals surface area contributed by atoms with E-state index in [9.17, 15) is 9.59 Å². The van der Waals surface area contributed by atoms with Gasteiger partial charge in [-0.3, -0.25) is 9.59 Å². The van der Waals surface area contributed by atoms with Crippen LogP contribution in [0.4, 0.5) is 0 Å². The molecule has 0 saturated carbocycles. The molecule has 0 fully saturated rings. The smallest absolute Gasteiger partial charge is 0.198 e. The highest BCUT2D eigenvalue weighted by atomic mass is 16.1. The summed E-state index contributed by atoms with van der Waals surface area (Å²) in [4.78, 5) is 25.3. The van der Waals surface area contributed by atoms with Crippen LogP contribution in [-0.2, 0) is 0 Å². The molecule has 0 radical (unpaired) electrons. The summed E-state index contributed by atoms with van der Waals surface area (Å²) in [5.74, 6) is 0. The van der Waals surface area contributed by atoms with Crippen molar-refractivity contribution >= 4 is 32.3 Å². The minimum absolute atomic E-state index is 0.142. The number of fused-ring (bicyclic) bond motifs is 6. The van der Waals surface area contributed by atoms with Crippen LogP contribution in [0.1, 0.15) is 0 Å². The first-order valence-corrected chi connectivity index (χ1v) is 7.22. The first-order chi connectivity index (χ1) is 10.8. The van der Waals surface area contributed by atoms with Gasteiger partial charge in [-0.2, -0.15) is 0 Å². The normalized spacial score (nSPS) is 12.0. The molecule has 2 nitrogen and oxygen atoms in total. The molecular formula is C20H10O2. The van der Waals surface area contributed by atoms with Gasteiger partial charge >= 0.3 is 0 Å². The van der Waals surface area contributed by atoms with E-state index in [0.717, 1.165) is 26.8 Å². The first-order valence-electron chi connectivity index (χ1n) is 7.22. The largest absolute Gasteiger partial charge is 0.288 e. The van der Waals surface area contributed by atoms with Gasteiger partial charge in [-0.1, -0.05) is 54.6 Å². The second-order valence-corrected chi connectivity index (χ2v) is 5.66. The van der Waals surface area contributed by atoms with Gasteiger partial charge in [0.05, 0.1) is 5.22 Å². The highest BCUT2D eigenvalue weighted by Crippen LogP contribution is 2.29. The maximum Gasteiger partial charge on any atom is 0.198 e. The lowest BCUT2D eigenvalue weighted by molar-refractivity contribution is 1.56. The monoisotopic (exact) mass is 282 g/mol. The van der Waals surface area contributed by atoms with Gasteiger partial charge in [0, 0.05) is 21.4 Å². The van der Waals surface area contributed by atoms with Gasteiger partial charge in [0.15, 0.2) is 10.9 Å². The van der Waals surface area contributed by atoms with Gasteiger partial charge in [-0.05, 0) is 22.2 Å². The zero-order valence-corrected chi connectivity index (χ0v) is 11.6. The van der Waals surface area contributed by atoms with Crippen LogP contribution >= 0.6 is 0 Å². The predicted octanol–water partition coefficient (Wildman–Crippen LogP) is 3.47. The number of hydrogen-bond acceptors (Lipinski definition) is 2. The zero-order valence-electron chi connectivity index (χ0n) is 11.6. The fraction of sp³-hybridized carbons (Fsp3) is 0. The average Bonchev–Trinajstić information content (AvgIpc) is 3.03. The van der Waals surface area contributed by atoms with Gasteiger partial charge in [0.25, 0.3) is 0 Å². The van der Waals surface area contributed by atoms with Gasteiger partial charge in [0.2, 0.25) is 0 Å². The Labute approximate surface area is 124 Å². The summed E-state index contributed by atoms with van der Waals surface area (Å²) in [6.07, 6.45) is 0. The SMILES string of the molecule is O=c1c2c(=O)c3ccc4ccccc4c3c=2c2ccccc12. The Morgan fingerprint density at radius 2 is 1.14 bits per heavy atom. The third kappa shape index (κ3) is 1.21. The van der Waals surface area contributed by atoms with Crippen molar-refractivity contribution in [3.63, 3.8) is 0 Å². The first kappa shape index (κ1) is 11.6.